The van der Waals surface area contributed by atoms with Crippen LogP contribution in [0.1, 0.15) is 56.9 Å². The average Bonchev–Trinajstić information content (AvgIpc) is 2.58. The van der Waals surface area contributed by atoms with Gasteiger partial charge in [-0.3, -0.25) is 0 Å². The molecule has 5 nitrogen and oxygen atoms in total. The van der Waals surface area contributed by atoms with Crippen LogP contribution in [0.2, 0.25) is 6.32 Å². The van der Waals surface area contributed by atoms with E-state index in [1.165, 1.54) is 12.1 Å². The summed E-state index contributed by atoms with van der Waals surface area (Å²) in [7, 11) is -1.21. The molecular formula is C18H28BF2NO4. The molecule has 4 N–H and O–H groups in total. The third-order valence-corrected chi connectivity index (χ3v) is 4.06. The number of carbonyl (C=O) groups excluding carboxylic acids is 2. The lowest BCUT2D eigenvalue weighted by Gasteiger charge is -2.11. The van der Waals surface area contributed by atoms with Crippen LogP contribution in [-0.2, 0) is 16.0 Å². The Balaban J connectivity index is 0.00000194. The second-order valence-electron chi connectivity index (χ2n) is 6.31. The Morgan fingerprint density at radius 2 is 1.54 bits per heavy atom. The lowest BCUT2D eigenvalue weighted by molar-refractivity contribution is -0.191. The molecule has 0 aliphatic rings. The van der Waals surface area contributed by atoms with Crippen LogP contribution in [0.15, 0.2) is 18.2 Å². The van der Waals surface area contributed by atoms with E-state index >= 15 is 0 Å². The van der Waals surface area contributed by atoms with Crippen molar-refractivity contribution in [2.75, 3.05) is 0 Å². The predicted molar refractivity (Wildman–Crippen MR) is 95.0 cm³/mol. The summed E-state index contributed by atoms with van der Waals surface area (Å²) in [4.78, 5) is 16.2. The summed E-state index contributed by atoms with van der Waals surface area (Å²) in [5.74, 6) is -1.57. The smallest absolute Gasteiger partial charge is 0.427 e. The molecule has 0 fully saturated rings. The average molecular weight is 371 g/mol. The normalized spacial score (nSPS) is 11.3. The van der Waals surface area contributed by atoms with Gasteiger partial charge in [-0.15, -0.1) is 0 Å². The number of unbranched alkanes of at least 4 members (excludes halogenated alkanes) is 4. The second-order valence-corrected chi connectivity index (χ2v) is 6.31. The number of halogens is 2. The third kappa shape index (κ3) is 13.7. The number of benzene rings is 1. The molecule has 1 aromatic carbocycles. The number of aryl methyl sites for hydroxylation is 1. The Labute approximate surface area is 153 Å². The highest BCUT2D eigenvalue weighted by Crippen LogP contribution is 2.14. The molecule has 1 aromatic rings. The minimum Gasteiger partial charge on any atom is -0.427 e. The quantitative estimate of drug-likeness (QED) is 0.388. The molecule has 1 unspecified atom stereocenters. The fourth-order valence-corrected chi connectivity index (χ4v) is 2.66. The van der Waals surface area contributed by atoms with E-state index in [9.17, 15) is 8.78 Å². The highest BCUT2D eigenvalue weighted by atomic mass is 19.2. The summed E-state index contributed by atoms with van der Waals surface area (Å²) in [6.45, 7) is 0. The summed E-state index contributed by atoms with van der Waals surface area (Å²) in [5.41, 5.74) is 6.86. The molecule has 0 bridgehead atoms. The monoisotopic (exact) mass is 371 g/mol. The van der Waals surface area contributed by atoms with Crippen molar-refractivity contribution in [2.24, 2.45) is 5.73 Å². The summed E-state index contributed by atoms with van der Waals surface area (Å²) >= 11 is 0. The van der Waals surface area contributed by atoms with Crippen LogP contribution >= 0.6 is 0 Å². The van der Waals surface area contributed by atoms with Gasteiger partial charge in [0.25, 0.3) is 0 Å². The van der Waals surface area contributed by atoms with Crippen molar-refractivity contribution in [3.8, 4) is 0 Å². The number of rotatable bonds is 12. The van der Waals surface area contributed by atoms with Gasteiger partial charge in [-0.1, -0.05) is 38.2 Å². The van der Waals surface area contributed by atoms with E-state index in [-0.39, 0.29) is 12.2 Å². The van der Waals surface area contributed by atoms with Crippen molar-refractivity contribution in [1.29, 1.82) is 0 Å². The van der Waals surface area contributed by atoms with Crippen LogP contribution in [0.4, 0.5) is 8.78 Å². The van der Waals surface area contributed by atoms with Gasteiger partial charge in [0, 0.05) is 6.04 Å². The highest BCUT2D eigenvalue weighted by molar-refractivity contribution is 6.40. The zero-order valence-corrected chi connectivity index (χ0v) is 15.0. The Bertz CT molecular complexity index is 526. The van der Waals surface area contributed by atoms with Gasteiger partial charge in [0.1, 0.15) is 0 Å². The molecule has 0 heterocycles. The van der Waals surface area contributed by atoms with E-state index in [0.717, 1.165) is 63.4 Å². The number of hydrogen-bond donors (Lipinski definition) is 3. The Morgan fingerprint density at radius 1 is 0.962 bits per heavy atom. The largest absolute Gasteiger partial charge is 0.451 e. The first kappa shape index (κ1) is 24.4. The zero-order chi connectivity index (χ0) is 19.8. The fourth-order valence-electron chi connectivity index (χ4n) is 2.66. The van der Waals surface area contributed by atoms with Crippen molar-refractivity contribution in [1.82, 2.24) is 0 Å². The van der Waals surface area contributed by atoms with E-state index in [1.54, 1.807) is 6.07 Å². The van der Waals surface area contributed by atoms with E-state index in [1.807, 2.05) is 0 Å². The predicted octanol–water partition coefficient (Wildman–Crippen LogP) is 2.84. The first-order valence-electron chi connectivity index (χ1n) is 8.95. The molecule has 8 heteroatoms. The van der Waals surface area contributed by atoms with E-state index in [0.29, 0.717) is 6.32 Å². The van der Waals surface area contributed by atoms with Crippen molar-refractivity contribution >= 4 is 13.3 Å². The Kier molecular flexibility index (Phi) is 14.7. The van der Waals surface area contributed by atoms with Gasteiger partial charge in [0.05, 0.1) is 0 Å². The molecule has 26 heavy (non-hydrogen) atoms. The van der Waals surface area contributed by atoms with E-state index in [4.69, 9.17) is 25.4 Å². The van der Waals surface area contributed by atoms with Gasteiger partial charge in [-0.05, 0) is 49.7 Å². The first-order chi connectivity index (χ1) is 12.4. The summed E-state index contributed by atoms with van der Waals surface area (Å²) in [6, 6.07) is 4.27. The van der Waals surface area contributed by atoms with E-state index in [2.05, 4.69) is 0 Å². The third-order valence-electron chi connectivity index (χ3n) is 4.06. The van der Waals surface area contributed by atoms with Gasteiger partial charge < -0.3 is 15.8 Å². The molecule has 0 aliphatic heterocycles. The first-order valence-corrected chi connectivity index (χ1v) is 8.95. The summed E-state index contributed by atoms with van der Waals surface area (Å²) in [6.07, 6.45) is 9.23. The maximum absolute atomic E-state index is 13.1. The number of nitrogens with two attached hydrogens (primary N) is 1. The maximum atomic E-state index is 13.1. The van der Waals surface area contributed by atoms with Crippen LogP contribution in [0.5, 0.6) is 0 Å². The number of hydrogen-bond acceptors (Lipinski definition) is 5. The van der Waals surface area contributed by atoms with Crippen LogP contribution in [0, 0.1) is 11.6 Å². The minimum atomic E-state index is -1.21. The SMILES string of the molecule is NC(CCCCCCc1ccc(F)c(F)c1)CCCCB(O)O.O=C=O. The van der Waals surface area contributed by atoms with Crippen molar-refractivity contribution in [3.63, 3.8) is 0 Å². The van der Waals surface area contributed by atoms with Crippen LogP contribution < -0.4 is 5.73 Å². The topological polar surface area (TPSA) is 101 Å². The van der Waals surface area contributed by atoms with Crippen LogP contribution in [-0.4, -0.2) is 29.4 Å². The van der Waals surface area contributed by atoms with Crippen LogP contribution in [0.25, 0.3) is 0 Å². The molecule has 0 amide bonds. The van der Waals surface area contributed by atoms with Crippen molar-refractivity contribution in [3.05, 3.63) is 35.4 Å². The standard InChI is InChI=1S/C17H28BF2NO2.CO2/c19-16-11-10-14(13-17(16)20)7-3-1-2-4-8-15(21)9-5-6-12-18(22)23;2-1-3/h10-11,13,15,22-23H,1-9,12,21H2;. The highest BCUT2D eigenvalue weighted by Gasteiger charge is 2.07. The minimum absolute atomic E-state index is 0.178. The molecule has 1 atom stereocenters. The lowest BCUT2D eigenvalue weighted by atomic mass is 9.83. The van der Waals surface area contributed by atoms with Crippen LogP contribution in [0.3, 0.4) is 0 Å². The molecule has 0 spiro atoms. The molecule has 0 radical (unpaired) electrons. The molecular weight excluding hydrogens is 343 g/mol. The van der Waals surface area contributed by atoms with E-state index < -0.39 is 18.8 Å². The molecule has 146 valence electrons. The van der Waals surface area contributed by atoms with Gasteiger partial charge in [0.15, 0.2) is 11.6 Å². The Morgan fingerprint density at radius 3 is 2.12 bits per heavy atom. The molecule has 0 saturated carbocycles. The van der Waals surface area contributed by atoms with Gasteiger partial charge >= 0.3 is 13.3 Å². The summed E-state index contributed by atoms with van der Waals surface area (Å²) in [5, 5.41) is 17.5. The van der Waals surface area contributed by atoms with Crippen molar-refractivity contribution < 1.29 is 28.4 Å². The molecule has 1 rings (SSSR count). The van der Waals surface area contributed by atoms with Crippen molar-refractivity contribution in [2.45, 2.75) is 70.1 Å². The molecule has 0 aliphatic carbocycles. The van der Waals surface area contributed by atoms with Gasteiger partial charge in [-0.2, -0.15) is 9.59 Å². The molecule has 0 aromatic heterocycles. The molecule has 0 saturated heterocycles. The fraction of sp³-hybridized carbons (Fsp3) is 0.611. The Hall–Kier alpha value is -1.60. The second kappa shape index (κ2) is 15.6. The van der Waals surface area contributed by atoms with Gasteiger partial charge in [-0.25, -0.2) is 8.78 Å². The zero-order valence-electron chi connectivity index (χ0n) is 15.0. The summed E-state index contributed by atoms with van der Waals surface area (Å²) < 4.78 is 25.9. The van der Waals surface area contributed by atoms with Gasteiger partial charge in [0.2, 0.25) is 0 Å². The lowest BCUT2D eigenvalue weighted by Crippen LogP contribution is -2.19. The maximum Gasteiger partial charge on any atom is 0.451 e.